The van der Waals surface area contributed by atoms with E-state index in [-0.39, 0.29) is 0 Å². The highest BCUT2D eigenvalue weighted by atomic mass is 15.1. The average Bonchev–Trinajstić information content (AvgIpc) is 2.53. The molecule has 0 radical (unpaired) electrons. The zero-order valence-corrected chi connectivity index (χ0v) is 8.70. The number of rotatable bonds is 0. The van der Waals surface area contributed by atoms with Crippen LogP contribution in [-0.2, 0) is 13.1 Å². The van der Waals surface area contributed by atoms with E-state index in [9.17, 15) is 0 Å². The fraction of sp³-hybridized carbons (Fsp3) is 0.250. The van der Waals surface area contributed by atoms with Crippen molar-refractivity contribution in [3.8, 4) is 5.69 Å². The quantitative estimate of drug-likeness (QED) is 0.701. The predicted molar refractivity (Wildman–Crippen MR) is 58.8 cm³/mol. The third-order valence-corrected chi connectivity index (χ3v) is 2.93. The fourth-order valence-electron chi connectivity index (χ4n) is 2.09. The Morgan fingerprint density at radius 2 is 2.13 bits per heavy atom. The van der Waals surface area contributed by atoms with Crippen LogP contribution in [-0.4, -0.2) is 9.55 Å². The molecule has 2 heterocycles. The van der Waals surface area contributed by atoms with Gasteiger partial charge in [0.25, 0.3) is 0 Å². The van der Waals surface area contributed by atoms with Gasteiger partial charge < -0.3 is 9.88 Å². The summed E-state index contributed by atoms with van der Waals surface area (Å²) in [6.45, 7) is 3.87. The molecule has 0 bridgehead atoms. The molecule has 0 saturated heterocycles. The van der Waals surface area contributed by atoms with Gasteiger partial charge in [-0.05, 0) is 18.6 Å². The first-order valence-corrected chi connectivity index (χ1v) is 5.18. The van der Waals surface area contributed by atoms with Gasteiger partial charge in [-0.3, -0.25) is 0 Å². The lowest BCUT2D eigenvalue weighted by Gasteiger charge is -2.07. The van der Waals surface area contributed by atoms with Crippen molar-refractivity contribution >= 4 is 0 Å². The topological polar surface area (TPSA) is 29.9 Å². The van der Waals surface area contributed by atoms with Crippen molar-refractivity contribution < 1.29 is 0 Å². The molecule has 3 heteroatoms. The molecular weight excluding hydrogens is 186 g/mol. The summed E-state index contributed by atoms with van der Waals surface area (Å²) < 4.78 is 2.19. The first-order chi connectivity index (χ1) is 7.36. The third-order valence-electron chi connectivity index (χ3n) is 2.93. The van der Waals surface area contributed by atoms with Crippen LogP contribution in [0.2, 0.25) is 0 Å². The summed E-state index contributed by atoms with van der Waals surface area (Å²) in [6, 6.07) is 8.46. The van der Waals surface area contributed by atoms with Gasteiger partial charge in [0.15, 0.2) is 0 Å². The van der Waals surface area contributed by atoms with Crippen molar-refractivity contribution in [3.63, 3.8) is 0 Å². The van der Waals surface area contributed by atoms with Gasteiger partial charge in [-0.25, -0.2) is 4.98 Å². The number of aromatic nitrogens is 2. The maximum absolute atomic E-state index is 4.36. The van der Waals surface area contributed by atoms with Gasteiger partial charge in [0.2, 0.25) is 0 Å². The van der Waals surface area contributed by atoms with Gasteiger partial charge in [-0.15, -0.1) is 0 Å². The lowest BCUT2D eigenvalue weighted by molar-refractivity contribution is 0.689. The number of nitrogens with one attached hydrogen (secondary N) is 1. The van der Waals surface area contributed by atoms with Crippen LogP contribution in [0.4, 0.5) is 0 Å². The number of nitrogens with zero attached hydrogens (tertiary/aromatic N) is 2. The molecule has 1 aliphatic heterocycles. The van der Waals surface area contributed by atoms with E-state index in [0.717, 1.165) is 18.8 Å². The second kappa shape index (κ2) is 3.21. The molecule has 1 aliphatic rings. The summed E-state index contributed by atoms with van der Waals surface area (Å²) in [5.74, 6) is 0. The number of imidazole rings is 1. The van der Waals surface area contributed by atoms with E-state index >= 15 is 0 Å². The summed E-state index contributed by atoms with van der Waals surface area (Å²) in [5.41, 5.74) is 4.95. The Bertz CT molecular complexity index is 499. The fourth-order valence-corrected chi connectivity index (χ4v) is 2.09. The molecule has 2 aromatic rings. The van der Waals surface area contributed by atoms with E-state index < -0.39 is 0 Å². The number of aryl methyl sites for hydroxylation is 1. The van der Waals surface area contributed by atoms with Gasteiger partial charge in [0, 0.05) is 13.1 Å². The molecule has 0 atom stereocenters. The van der Waals surface area contributed by atoms with E-state index in [1.807, 2.05) is 6.33 Å². The first kappa shape index (κ1) is 8.68. The average molecular weight is 199 g/mol. The Kier molecular flexibility index (Phi) is 1.86. The lowest BCUT2D eigenvalue weighted by Crippen LogP contribution is -2.11. The van der Waals surface area contributed by atoms with Crippen LogP contribution in [0.25, 0.3) is 5.69 Å². The Balaban J connectivity index is 2.27. The van der Waals surface area contributed by atoms with Crippen molar-refractivity contribution in [3.05, 3.63) is 47.5 Å². The van der Waals surface area contributed by atoms with Crippen LogP contribution in [0, 0.1) is 6.92 Å². The lowest BCUT2D eigenvalue weighted by atomic mass is 10.2. The summed E-state index contributed by atoms with van der Waals surface area (Å²) >= 11 is 0. The standard InChI is InChI=1S/C12H13N3/c1-9-12-7-13-6-10-4-2-3-5-11(10)15(12)8-14-9/h2-5,8,13H,6-7H2,1H3. The number of fused-ring (bicyclic) bond motifs is 3. The van der Waals surface area contributed by atoms with E-state index in [0.29, 0.717) is 0 Å². The predicted octanol–water partition coefficient (Wildman–Crippen LogP) is 1.78. The summed E-state index contributed by atoms with van der Waals surface area (Å²) in [6.07, 6.45) is 1.91. The maximum atomic E-state index is 4.36. The molecule has 0 saturated carbocycles. The normalized spacial score (nSPS) is 14.2. The van der Waals surface area contributed by atoms with Crippen LogP contribution in [0.3, 0.4) is 0 Å². The van der Waals surface area contributed by atoms with Crippen molar-refractivity contribution in [2.45, 2.75) is 20.0 Å². The third kappa shape index (κ3) is 1.27. The van der Waals surface area contributed by atoms with Gasteiger partial charge >= 0.3 is 0 Å². The molecule has 3 nitrogen and oxygen atoms in total. The van der Waals surface area contributed by atoms with Gasteiger partial charge in [-0.1, -0.05) is 18.2 Å². The number of hydrogen-bond donors (Lipinski definition) is 1. The van der Waals surface area contributed by atoms with E-state index in [1.54, 1.807) is 0 Å². The summed E-state index contributed by atoms with van der Waals surface area (Å²) in [5, 5.41) is 3.43. The van der Waals surface area contributed by atoms with E-state index in [4.69, 9.17) is 0 Å². The SMILES string of the molecule is Cc1ncn2c1CNCc1ccccc1-2. The number of hydrogen-bond acceptors (Lipinski definition) is 2. The van der Waals surface area contributed by atoms with Gasteiger partial charge in [-0.2, -0.15) is 0 Å². The minimum atomic E-state index is 0.889. The summed E-state index contributed by atoms with van der Waals surface area (Å²) in [7, 11) is 0. The monoisotopic (exact) mass is 199 g/mol. The maximum Gasteiger partial charge on any atom is 0.0998 e. The Morgan fingerprint density at radius 1 is 1.27 bits per heavy atom. The van der Waals surface area contributed by atoms with Crippen molar-refractivity contribution in [2.75, 3.05) is 0 Å². The molecule has 76 valence electrons. The molecule has 0 spiro atoms. The minimum absolute atomic E-state index is 0.889. The summed E-state index contributed by atoms with van der Waals surface area (Å²) in [4.78, 5) is 4.36. The number of para-hydroxylation sites is 1. The molecule has 1 N–H and O–H groups in total. The second-order valence-electron chi connectivity index (χ2n) is 3.88. The van der Waals surface area contributed by atoms with E-state index in [1.165, 1.54) is 16.9 Å². The zero-order chi connectivity index (χ0) is 10.3. The Morgan fingerprint density at radius 3 is 3.07 bits per heavy atom. The van der Waals surface area contributed by atoms with Crippen LogP contribution in [0.15, 0.2) is 30.6 Å². The molecule has 0 aliphatic carbocycles. The van der Waals surface area contributed by atoms with Crippen molar-refractivity contribution in [1.29, 1.82) is 0 Å². The molecule has 3 rings (SSSR count). The highest BCUT2D eigenvalue weighted by Gasteiger charge is 2.14. The van der Waals surface area contributed by atoms with Gasteiger partial charge in [0.1, 0.15) is 0 Å². The highest BCUT2D eigenvalue weighted by molar-refractivity contribution is 5.44. The molecule has 0 fully saturated rings. The highest BCUT2D eigenvalue weighted by Crippen LogP contribution is 2.21. The molecule has 15 heavy (non-hydrogen) atoms. The van der Waals surface area contributed by atoms with Crippen LogP contribution < -0.4 is 5.32 Å². The molecule has 0 amide bonds. The van der Waals surface area contributed by atoms with Crippen LogP contribution >= 0.6 is 0 Å². The molecule has 0 unspecified atom stereocenters. The Labute approximate surface area is 88.8 Å². The van der Waals surface area contributed by atoms with Crippen LogP contribution in [0.5, 0.6) is 0 Å². The molecule has 1 aromatic heterocycles. The van der Waals surface area contributed by atoms with Crippen LogP contribution in [0.1, 0.15) is 17.0 Å². The van der Waals surface area contributed by atoms with Crippen molar-refractivity contribution in [2.24, 2.45) is 0 Å². The first-order valence-electron chi connectivity index (χ1n) is 5.18. The smallest absolute Gasteiger partial charge is 0.0998 e. The van der Waals surface area contributed by atoms with Crippen molar-refractivity contribution in [1.82, 2.24) is 14.9 Å². The Hall–Kier alpha value is -1.61. The minimum Gasteiger partial charge on any atom is -0.307 e. The zero-order valence-electron chi connectivity index (χ0n) is 8.70. The van der Waals surface area contributed by atoms with Gasteiger partial charge in [0.05, 0.1) is 23.4 Å². The van der Waals surface area contributed by atoms with E-state index in [2.05, 4.69) is 46.1 Å². The second-order valence-corrected chi connectivity index (χ2v) is 3.88. The largest absolute Gasteiger partial charge is 0.307 e. The number of benzene rings is 1. The molecule has 1 aromatic carbocycles. The molecular formula is C12H13N3.